The van der Waals surface area contributed by atoms with E-state index >= 15 is 0 Å². The monoisotopic (exact) mass is 206 g/mol. The summed E-state index contributed by atoms with van der Waals surface area (Å²) in [6.07, 6.45) is 0.688. The van der Waals surface area contributed by atoms with Crippen LogP contribution < -0.4 is 11.1 Å². The van der Waals surface area contributed by atoms with Crippen LogP contribution in [0.3, 0.4) is 0 Å². The molecule has 0 spiro atoms. The van der Waals surface area contributed by atoms with Gasteiger partial charge in [0, 0.05) is 29.6 Å². The van der Waals surface area contributed by atoms with Crippen LogP contribution in [0.5, 0.6) is 0 Å². The molecule has 0 aromatic carbocycles. The van der Waals surface area contributed by atoms with Crippen molar-refractivity contribution < 1.29 is 9.00 Å². The second-order valence-corrected chi connectivity index (χ2v) is 4.98. The number of carbonyl (C=O) groups is 1. The highest BCUT2D eigenvalue weighted by molar-refractivity contribution is 7.86. The van der Waals surface area contributed by atoms with Gasteiger partial charge < -0.3 is 11.1 Å². The van der Waals surface area contributed by atoms with Crippen LogP contribution in [-0.4, -0.2) is 34.2 Å². The number of hydrogen-bond donors (Lipinski definition) is 2. The van der Waals surface area contributed by atoms with Crippen LogP contribution in [0.2, 0.25) is 0 Å². The fourth-order valence-corrected chi connectivity index (χ4v) is 2.12. The van der Waals surface area contributed by atoms with Gasteiger partial charge in [-0.05, 0) is 20.3 Å². The molecule has 0 saturated heterocycles. The van der Waals surface area contributed by atoms with Gasteiger partial charge in [-0.25, -0.2) is 0 Å². The summed E-state index contributed by atoms with van der Waals surface area (Å²) in [4.78, 5) is 11.1. The molecule has 0 heterocycles. The van der Waals surface area contributed by atoms with E-state index in [-0.39, 0.29) is 11.9 Å². The van der Waals surface area contributed by atoms with Gasteiger partial charge >= 0.3 is 0 Å². The first-order chi connectivity index (χ1) is 5.99. The number of rotatable bonds is 5. The third-order valence-corrected chi connectivity index (χ3v) is 3.43. The molecule has 5 heteroatoms. The molecule has 0 saturated carbocycles. The summed E-state index contributed by atoms with van der Waals surface area (Å²) in [6.45, 7) is 3.53. The molecular formula is C8H18N2O2S. The Hall–Kier alpha value is -0.420. The van der Waals surface area contributed by atoms with Crippen molar-refractivity contribution in [1.29, 1.82) is 0 Å². The topological polar surface area (TPSA) is 72.2 Å². The predicted octanol–water partition coefficient (Wildman–Crippen LogP) is -0.393. The minimum atomic E-state index is -1.11. The first kappa shape index (κ1) is 12.6. The Morgan fingerprint density at radius 2 is 2.08 bits per heavy atom. The lowest BCUT2D eigenvalue weighted by Gasteiger charge is -2.10. The van der Waals surface area contributed by atoms with E-state index in [1.807, 2.05) is 6.92 Å². The van der Waals surface area contributed by atoms with Gasteiger partial charge in [-0.15, -0.1) is 0 Å². The van der Waals surface area contributed by atoms with E-state index in [9.17, 15) is 9.00 Å². The Labute approximate surface area is 81.7 Å². The van der Waals surface area contributed by atoms with Crippen LogP contribution in [0.4, 0.5) is 0 Å². The summed E-state index contributed by atoms with van der Waals surface area (Å²) < 4.78 is 11.4. The van der Waals surface area contributed by atoms with Crippen molar-refractivity contribution in [3.05, 3.63) is 0 Å². The summed E-state index contributed by atoms with van der Waals surface area (Å²) in [5, 5.41) is 2.03. The SMILES string of the molecule is CNC(=O)C(C)S(=O)CCC(C)N. The standard InChI is InChI=1S/C8H18N2O2S/c1-6(9)4-5-13(12)7(2)8(11)10-3/h6-7H,4-5,9H2,1-3H3,(H,10,11). The molecule has 1 amide bonds. The van der Waals surface area contributed by atoms with Crippen molar-refractivity contribution in [3.8, 4) is 0 Å². The van der Waals surface area contributed by atoms with Gasteiger partial charge in [-0.3, -0.25) is 9.00 Å². The maximum atomic E-state index is 11.4. The molecule has 3 unspecified atom stereocenters. The van der Waals surface area contributed by atoms with E-state index in [4.69, 9.17) is 5.73 Å². The molecule has 0 aromatic heterocycles. The van der Waals surface area contributed by atoms with E-state index in [0.29, 0.717) is 12.2 Å². The second-order valence-electron chi connectivity index (χ2n) is 3.11. The molecule has 0 aromatic rings. The van der Waals surface area contributed by atoms with Crippen molar-refractivity contribution in [2.45, 2.75) is 31.6 Å². The highest BCUT2D eigenvalue weighted by atomic mass is 32.2. The Bertz CT molecular complexity index is 195. The van der Waals surface area contributed by atoms with Crippen LogP contribution in [0.25, 0.3) is 0 Å². The molecule has 0 aliphatic rings. The van der Waals surface area contributed by atoms with E-state index in [0.717, 1.165) is 0 Å². The van der Waals surface area contributed by atoms with Gasteiger partial charge in [-0.1, -0.05) is 0 Å². The van der Waals surface area contributed by atoms with Gasteiger partial charge in [0.1, 0.15) is 5.25 Å². The van der Waals surface area contributed by atoms with Crippen LogP contribution in [0, 0.1) is 0 Å². The van der Waals surface area contributed by atoms with Gasteiger partial charge in [0.05, 0.1) is 0 Å². The van der Waals surface area contributed by atoms with Gasteiger partial charge in [-0.2, -0.15) is 0 Å². The lowest BCUT2D eigenvalue weighted by molar-refractivity contribution is -0.119. The van der Waals surface area contributed by atoms with E-state index < -0.39 is 16.0 Å². The summed E-state index contributed by atoms with van der Waals surface area (Å²) in [6, 6.07) is 0.0424. The zero-order valence-corrected chi connectivity index (χ0v) is 9.19. The molecule has 0 bridgehead atoms. The van der Waals surface area contributed by atoms with Crippen LogP contribution in [0.1, 0.15) is 20.3 Å². The molecule has 13 heavy (non-hydrogen) atoms. The minimum Gasteiger partial charge on any atom is -0.358 e. The third-order valence-electron chi connectivity index (χ3n) is 1.78. The fourth-order valence-electron chi connectivity index (χ4n) is 0.801. The lowest BCUT2D eigenvalue weighted by atomic mass is 10.3. The largest absolute Gasteiger partial charge is 0.358 e. The third kappa shape index (κ3) is 5.00. The van der Waals surface area contributed by atoms with Crippen molar-refractivity contribution in [1.82, 2.24) is 5.32 Å². The molecule has 0 aliphatic carbocycles. The second kappa shape index (κ2) is 6.10. The highest BCUT2D eigenvalue weighted by Gasteiger charge is 2.18. The maximum absolute atomic E-state index is 11.4. The van der Waals surface area contributed by atoms with Crippen molar-refractivity contribution in [2.24, 2.45) is 5.73 Å². The molecule has 78 valence electrons. The summed E-state index contributed by atoms with van der Waals surface area (Å²) in [7, 11) is 0.436. The Balaban J connectivity index is 3.90. The predicted molar refractivity (Wildman–Crippen MR) is 54.8 cm³/mol. The van der Waals surface area contributed by atoms with Gasteiger partial charge in [0.25, 0.3) is 0 Å². The number of carbonyl (C=O) groups excluding carboxylic acids is 1. The lowest BCUT2D eigenvalue weighted by Crippen LogP contribution is -2.34. The number of hydrogen-bond acceptors (Lipinski definition) is 3. The van der Waals surface area contributed by atoms with Crippen molar-refractivity contribution in [2.75, 3.05) is 12.8 Å². The fraction of sp³-hybridized carbons (Fsp3) is 0.875. The Morgan fingerprint density at radius 1 is 1.54 bits per heavy atom. The Morgan fingerprint density at radius 3 is 2.46 bits per heavy atom. The molecule has 0 aliphatic heterocycles. The quantitative estimate of drug-likeness (QED) is 0.643. The molecule has 0 fully saturated rings. The average Bonchev–Trinajstić information content (AvgIpc) is 2.11. The molecular weight excluding hydrogens is 188 g/mol. The molecule has 4 nitrogen and oxygen atoms in total. The van der Waals surface area contributed by atoms with E-state index in [1.165, 1.54) is 0 Å². The molecule has 3 atom stereocenters. The first-order valence-corrected chi connectivity index (χ1v) is 5.71. The normalized spacial score (nSPS) is 17.5. The van der Waals surface area contributed by atoms with E-state index in [1.54, 1.807) is 14.0 Å². The maximum Gasteiger partial charge on any atom is 0.235 e. The number of nitrogens with one attached hydrogen (secondary N) is 1. The highest BCUT2D eigenvalue weighted by Crippen LogP contribution is 1.99. The minimum absolute atomic E-state index is 0.0424. The summed E-state index contributed by atoms with van der Waals surface area (Å²) in [5.74, 6) is 0.315. The average molecular weight is 206 g/mol. The van der Waals surface area contributed by atoms with Crippen LogP contribution >= 0.6 is 0 Å². The van der Waals surface area contributed by atoms with E-state index in [2.05, 4.69) is 5.32 Å². The number of nitrogens with two attached hydrogens (primary N) is 1. The van der Waals surface area contributed by atoms with Crippen LogP contribution in [0.15, 0.2) is 0 Å². The molecule has 3 N–H and O–H groups in total. The summed E-state index contributed by atoms with van der Waals surface area (Å²) in [5.41, 5.74) is 5.51. The van der Waals surface area contributed by atoms with Gasteiger partial charge in [0.15, 0.2) is 0 Å². The molecule has 0 radical (unpaired) electrons. The zero-order valence-electron chi connectivity index (χ0n) is 8.37. The smallest absolute Gasteiger partial charge is 0.235 e. The zero-order chi connectivity index (χ0) is 10.4. The molecule has 0 rings (SSSR count). The first-order valence-electron chi connectivity index (χ1n) is 4.33. The number of amides is 1. The van der Waals surface area contributed by atoms with Crippen molar-refractivity contribution in [3.63, 3.8) is 0 Å². The van der Waals surface area contributed by atoms with Crippen LogP contribution in [-0.2, 0) is 15.6 Å². The Kier molecular flexibility index (Phi) is 5.90. The van der Waals surface area contributed by atoms with Crippen molar-refractivity contribution >= 4 is 16.7 Å². The summed E-state index contributed by atoms with van der Waals surface area (Å²) >= 11 is 0. The van der Waals surface area contributed by atoms with Gasteiger partial charge in [0.2, 0.25) is 5.91 Å².